The van der Waals surface area contributed by atoms with Gasteiger partial charge in [-0.2, -0.15) is 0 Å². The maximum Gasteiger partial charge on any atom is 0.500 e. The maximum absolute atomic E-state index is 10.9. The molecule has 0 aliphatic carbocycles. The van der Waals surface area contributed by atoms with Gasteiger partial charge in [-0.15, -0.1) is 0 Å². The number of rotatable bonds is 11. The van der Waals surface area contributed by atoms with Crippen LogP contribution in [-0.4, -0.2) is 74.4 Å². The smallest absolute Gasteiger partial charge is 0.435 e. The summed E-state index contributed by atoms with van der Waals surface area (Å²) in [5.41, 5.74) is 0. The summed E-state index contributed by atoms with van der Waals surface area (Å²) in [7, 11) is 8.71. The normalized spacial score (nSPS) is 12.3. The minimum atomic E-state index is -2.46. The van der Waals surface area contributed by atoms with Gasteiger partial charge in [0.05, 0.1) is 36.7 Å². The van der Waals surface area contributed by atoms with E-state index in [9.17, 15) is 4.79 Å². The van der Waals surface area contributed by atoms with Crippen LogP contribution in [0.1, 0.15) is 12.8 Å². The van der Waals surface area contributed by atoms with Crippen molar-refractivity contribution in [3.63, 3.8) is 0 Å². The van der Waals surface area contributed by atoms with Crippen LogP contribution >= 0.6 is 9.47 Å². The fourth-order valence-corrected chi connectivity index (χ4v) is 3.92. The molecule has 0 heterocycles. The van der Waals surface area contributed by atoms with Gasteiger partial charge in [0.1, 0.15) is 0 Å². The van der Waals surface area contributed by atoms with Gasteiger partial charge in [0.2, 0.25) is 0 Å². The van der Waals surface area contributed by atoms with Crippen LogP contribution in [0.2, 0.25) is 6.04 Å². The van der Waals surface area contributed by atoms with Crippen molar-refractivity contribution in [1.29, 1.82) is 0 Å². The van der Waals surface area contributed by atoms with Crippen LogP contribution in [0.5, 0.6) is 0 Å². The zero-order chi connectivity index (χ0) is 16.4. The topological polar surface area (TPSA) is 66.0 Å². The van der Waals surface area contributed by atoms with E-state index in [1.807, 2.05) is 9.47 Å². The molecule has 0 aromatic heterocycles. The summed E-state index contributed by atoms with van der Waals surface area (Å²) in [6.45, 7) is 2.58. The molecule has 9 heteroatoms. The van der Waals surface area contributed by atoms with Gasteiger partial charge in [-0.25, -0.2) is 4.79 Å². The zero-order valence-corrected chi connectivity index (χ0v) is 16.0. The number of hydrogen-bond donors (Lipinski definition) is 1. The molecule has 0 fully saturated rings. The van der Waals surface area contributed by atoms with Gasteiger partial charge in [0, 0.05) is 46.8 Å². The first-order valence-corrected chi connectivity index (χ1v) is 9.37. The van der Waals surface area contributed by atoms with Crippen molar-refractivity contribution in [3.05, 3.63) is 0 Å². The molecule has 1 atom stereocenters. The maximum atomic E-state index is 10.9. The Hall–Kier alpha value is -0.243. The number of amides is 1. The van der Waals surface area contributed by atoms with Gasteiger partial charge >= 0.3 is 14.9 Å². The molecule has 7 nitrogen and oxygen atoms in total. The molecule has 126 valence electrons. The second-order valence-electron chi connectivity index (χ2n) is 5.47. The number of nitrogens with one attached hydrogen (secondary N) is 1. The first-order valence-electron chi connectivity index (χ1n) is 6.97. The largest absolute Gasteiger partial charge is 0.500 e. The first kappa shape index (κ1) is 20.8. The molecule has 0 rings (SSSR count). The predicted molar refractivity (Wildman–Crippen MR) is 86.9 cm³/mol. The Morgan fingerprint density at radius 1 is 1.10 bits per heavy atom. The third-order valence-electron chi connectivity index (χ3n) is 3.50. The van der Waals surface area contributed by atoms with E-state index in [1.54, 1.807) is 21.3 Å². The van der Waals surface area contributed by atoms with Crippen LogP contribution in [0.25, 0.3) is 0 Å². The van der Waals surface area contributed by atoms with Crippen LogP contribution in [0, 0.1) is 0 Å². The van der Waals surface area contributed by atoms with Crippen LogP contribution in [-0.2, 0) is 17.8 Å². The summed E-state index contributed by atoms with van der Waals surface area (Å²) >= 11 is 0. The molecule has 1 amide bonds. The Balaban J connectivity index is 3.99. The molecule has 0 radical (unpaired) electrons. The molecule has 1 N–H and O–H groups in total. The first-order chi connectivity index (χ1) is 9.84. The molecule has 0 aliphatic heterocycles. The fraction of sp³-hybridized carbons (Fsp3) is 0.917. The lowest BCUT2D eigenvalue weighted by molar-refractivity contribution is -0.890. The van der Waals surface area contributed by atoms with Crippen LogP contribution in [0.3, 0.4) is 0 Å². The number of carbonyl (C=O) groups is 1. The Kier molecular flexibility index (Phi) is 10.4. The molecule has 0 saturated heterocycles. The highest BCUT2D eigenvalue weighted by atomic mass is 31.0. The number of nitrogens with zero attached hydrogens (tertiary/aromatic N) is 1. The van der Waals surface area contributed by atoms with Crippen molar-refractivity contribution in [2.24, 2.45) is 0 Å². The summed E-state index contributed by atoms with van der Waals surface area (Å²) in [5, 5.41) is 2.67. The van der Waals surface area contributed by atoms with Gasteiger partial charge in [-0.05, 0) is 0 Å². The van der Waals surface area contributed by atoms with Crippen LogP contribution < -0.4 is 5.32 Å². The summed E-state index contributed by atoms with van der Waals surface area (Å²) in [4.78, 5) is 10.9. The molecule has 21 heavy (non-hydrogen) atoms. The summed E-state index contributed by atoms with van der Waals surface area (Å²) < 4.78 is 21.6. The highest BCUT2D eigenvalue weighted by molar-refractivity contribution is 7.10. The van der Waals surface area contributed by atoms with Gasteiger partial charge in [0.15, 0.2) is 0 Å². The predicted octanol–water partition coefficient (Wildman–Crippen LogP) is 1.24. The third-order valence-corrected chi connectivity index (χ3v) is 6.54. The average molecular weight is 341 g/mol. The molecule has 0 aromatic carbocycles. The Bertz CT molecular complexity index is 295. The molecule has 0 aromatic rings. The molecular formula is C12H30N2O5PSi+. The molecule has 0 spiro atoms. The van der Waals surface area contributed by atoms with Crippen molar-refractivity contribution in [1.82, 2.24) is 5.32 Å². The quantitative estimate of drug-likeness (QED) is 0.265. The molecule has 0 aliphatic rings. The highest BCUT2D eigenvalue weighted by Gasteiger charge is 2.37. The van der Waals surface area contributed by atoms with E-state index in [2.05, 4.69) is 23.9 Å². The van der Waals surface area contributed by atoms with Crippen molar-refractivity contribution in [2.45, 2.75) is 18.9 Å². The molecule has 0 saturated carbocycles. The lowest BCUT2D eigenvalue weighted by Crippen LogP contribution is -2.46. The van der Waals surface area contributed by atoms with Crippen LogP contribution in [0.4, 0.5) is 4.79 Å². The third kappa shape index (κ3) is 8.70. The Morgan fingerprint density at radius 2 is 1.62 bits per heavy atom. The van der Waals surface area contributed by atoms with Gasteiger partial charge in [-0.1, -0.05) is 0 Å². The highest BCUT2D eigenvalue weighted by Crippen LogP contribution is 2.16. The van der Waals surface area contributed by atoms with Gasteiger partial charge < -0.3 is 27.6 Å². The van der Waals surface area contributed by atoms with E-state index in [1.165, 1.54) is 0 Å². The monoisotopic (exact) mass is 341 g/mol. The minimum Gasteiger partial charge on any atom is -0.435 e. The molecule has 1 unspecified atom stereocenters. The standard InChI is InChI=1S/C12H29N2O5PSi/c1-14(2,9-6-8-13-12(15)19-20)10-7-11-21(16-3,17-4)18-5/h6-11,20H2,1-5H3/p+1. The van der Waals surface area contributed by atoms with E-state index < -0.39 is 14.9 Å². The Labute approximate surface area is 131 Å². The van der Waals surface area contributed by atoms with E-state index in [0.717, 1.165) is 36.5 Å². The van der Waals surface area contributed by atoms with Crippen molar-refractivity contribution in [2.75, 3.05) is 55.1 Å². The number of quaternary nitrogens is 1. The van der Waals surface area contributed by atoms with E-state index in [4.69, 9.17) is 13.3 Å². The second kappa shape index (κ2) is 10.5. The fourth-order valence-electron chi connectivity index (χ4n) is 2.13. The lowest BCUT2D eigenvalue weighted by Gasteiger charge is -2.31. The van der Waals surface area contributed by atoms with Crippen molar-refractivity contribution < 1.29 is 27.1 Å². The second-order valence-corrected chi connectivity index (χ2v) is 8.79. The molecule has 0 bridgehead atoms. The average Bonchev–Trinajstić information content (AvgIpc) is 2.48. The van der Waals surface area contributed by atoms with Gasteiger partial charge in [0.25, 0.3) is 0 Å². The van der Waals surface area contributed by atoms with Gasteiger partial charge in [-0.3, -0.25) is 0 Å². The summed E-state index contributed by atoms with van der Waals surface area (Å²) in [5.74, 6) is 0. The minimum absolute atomic E-state index is 0.415. The van der Waals surface area contributed by atoms with Crippen LogP contribution in [0.15, 0.2) is 0 Å². The number of carbonyl (C=O) groups excluding carboxylic acids is 1. The SMILES string of the molecule is CO[Si](CCC[N+](C)(C)CCCNC(=O)OP)(OC)OC. The summed E-state index contributed by atoms with van der Waals surface area (Å²) in [6, 6.07) is 0.801. The van der Waals surface area contributed by atoms with Crippen molar-refractivity contribution in [3.8, 4) is 0 Å². The molecular weight excluding hydrogens is 311 g/mol. The zero-order valence-electron chi connectivity index (χ0n) is 13.8. The van der Waals surface area contributed by atoms with E-state index >= 15 is 0 Å². The van der Waals surface area contributed by atoms with E-state index in [0.29, 0.717) is 6.54 Å². The van der Waals surface area contributed by atoms with E-state index in [-0.39, 0.29) is 0 Å². The van der Waals surface area contributed by atoms with Crippen molar-refractivity contribution >= 4 is 24.4 Å². The lowest BCUT2D eigenvalue weighted by atomic mass is 10.3. The number of hydrogen-bond acceptors (Lipinski definition) is 5. The Morgan fingerprint density at radius 3 is 2.10 bits per heavy atom. The summed E-state index contributed by atoms with van der Waals surface area (Å²) in [6.07, 6.45) is 1.45.